The van der Waals surface area contributed by atoms with E-state index < -0.39 is 0 Å². The molecule has 0 aliphatic carbocycles. The molecular weight excluding hydrogens is 300 g/mol. The Labute approximate surface area is 133 Å². The molecular formula is C14H20N6OS. The van der Waals surface area contributed by atoms with Gasteiger partial charge in [0.1, 0.15) is 11.6 Å². The molecule has 7 nitrogen and oxygen atoms in total. The van der Waals surface area contributed by atoms with Gasteiger partial charge in [0.15, 0.2) is 0 Å². The highest BCUT2D eigenvalue weighted by molar-refractivity contribution is 7.09. The normalized spacial score (nSPS) is 14.8. The Morgan fingerprint density at radius 1 is 1.32 bits per heavy atom. The van der Waals surface area contributed by atoms with Crippen molar-refractivity contribution in [1.82, 2.24) is 23.8 Å². The zero-order valence-electron chi connectivity index (χ0n) is 13.3. The predicted molar refractivity (Wildman–Crippen MR) is 85.0 cm³/mol. The summed E-state index contributed by atoms with van der Waals surface area (Å²) in [6.07, 6.45) is 2.02. The Morgan fingerprint density at radius 3 is 2.77 bits per heavy atom. The number of nitrogens with zero attached hydrogens (tertiary/aromatic N) is 5. The molecule has 8 heteroatoms. The van der Waals surface area contributed by atoms with Gasteiger partial charge in [-0.2, -0.15) is 4.37 Å². The number of amides is 2. The van der Waals surface area contributed by atoms with E-state index in [0.717, 1.165) is 23.9 Å². The molecule has 0 fully saturated rings. The number of hydrogen-bond donors (Lipinski definition) is 1. The third kappa shape index (κ3) is 2.96. The molecule has 118 valence electrons. The smallest absolute Gasteiger partial charge is 0.324 e. The highest BCUT2D eigenvalue weighted by Gasteiger charge is 2.24. The lowest BCUT2D eigenvalue weighted by Crippen LogP contribution is -2.40. The van der Waals surface area contributed by atoms with E-state index in [1.165, 1.54) is 11.5 Å². The molecule has 2 aromatic rings. The van der Waals surface area contributed by atoms with Crippen molar-refractivity contribution in [3.05, 3.63) is 23.5 Å². The fraction of sp³-hybridized carbons (Fsp3) is 0.571. The molecule has 1 aliphatic heterocycles. The van der Waals surface area contributed by atoms with Crippen LogP contribution in [0.5, 0.6) is 0 Å². The zero-order chi connectivity index (χ0) is 15.9. The van der Waals surface area contributed by atoms with Gasteiger partial charge in [-0.15, -0.1) is 0 Å². The van der Waals surface area contributed by atoms with Gasteiger partial charge in [-0.3, -0.25) is 5.32 Å². The number of carbonyl (C=O) groups excluding carboxylic acids is 1. The van der Waals surface area contributed by atoms with Crippen molar-refractivity contribution in [2.45, 2.75) is 46.2 Å². The maximum atomic E-state index is 12.4. The molecule has 0 atom stereocenters. The van der Waals surface area contributed by atoms with Crippen molar-refractivity contribution >= 4 is 22.7 Å². The lowest BCUT2D eigenvalue weighted by molar-refractivity contribution is 0.195. The summed E-state index contributed by atoms with van der Waals surface area (Å²) in [4.78, 5) is 22.9. The molecule has 0 spiro atoms. The number of aromatic nitrogens is 4. The predicted octanol–water partition coefficient (Wildman–Crippen LogP) is 2.39. The van der Waals surface area contributed by atoms with E-state index >= 15 is 0 Å². The van der Waals surface area contributed by atoms with Crippen molar-refractivity contribution < 1.29 is 4.79 Å². The standard InChI is InChI=1S/C14H20N6OS/c1-9-7-19-5-6-20(8-10(19)15-9)13(21)17-12-16-11(18-22-12)14(2,3)4/h7H,5-6,8H2,1-4H3,(H,16,17,18,21). The summed E-state index contributed by atoms with van der Waals surface area (Å²) in [5.41, 5.74) is 0.864. The average molecular weight is 320 g/mol. The number of aryl methyl sites for hydroxylation is 1. The van der Waals surface area contributed by atoms with Crippen molar-refractivity contribution in [2.75, 3.05) is 11.9 Å². The van der Waals surface area contributed by atoms with Crippen LogP contribution in [0.25, 0.3) is 0 Å². The van der Waals surface area contributed by atoms with Crippen LogP contribution in [0, 0.1) is 6.92 Å². The van der Waals surface area contributed by atoms with Gasteiger partial charge in [0.25, 0.3) is 0 Å². The molecule has 0 unspecified atom stereocenters. The van der Waals surface area contributed by atoms with Gasteiger partial charge in [0.05, 0.1) is 12.2 Å². The van der Waals surface area contributed by atoms with E-state index in [1.54, 1.807) is 4.90 Å². The molecule has 2 aromatic heterocycles. The molecule has 2 amide bonds. The minimum atomic E-state index is -0.150. The number of anilines is 1. The van der Waals surface area contributed by atoms with E-state index in [9.17, 15) is 4.79 Å². The van der Waals surface area contributed by atoms with Crippen LogP contribution in [0.2, 0.25) is 0 Å². The summed E-state index contributed by atoms with van der Waals surface area (Å²) in [6.45, 7) is 10.1. The minimum absolute atomic E-state index is 0.118. The quantitative estimate of drug-likeness (QED) is 0.875. The fourth-order valence-corrected chi connectivity index (χ4v) is 3.07. The summed E-state index contributed by atoms with van der Waals surface area (Å²) in [7, 11) is 0. The maximum Gasteiger partial charge on any atom is 0.324 e. The lowest BCUT2D eigenvalue weighted by atomic mass is 9.96. The highest BCUT2D eigenvalue weighted by atomic mass is 32.1. The second kappa shape index (κ2) is 5.35. The van der Waals surface area contributed by atoms with Crippen LogP contribution in [0.15, 0.2) is 6.20 Å². The van der Waals surface area contributed by atoms with E-state index in [1.807, 2.05) is 33.9 Å². The number of hydrogen-bond acceptors (Lipinski definition) is 5. The molecule has 1 aliphatic rings. The zero-order valence-corrected chi connectivity index (χ0v) is 14.1. The van der Waals surface area contributed by atoms with Crippen molar-refractivity contribution in [3.8, 4) is 0 Å². The van der Waals surface area contributed by atoms with Crippen molar-refractivity contribution in [1.29, 1.82) is 0 Å². The van der Waals surface area contributed by atoms with Crippen LogP contribution in [-0.2, 0) is 18.5 Å². The van der Waals surface area contributed by atoms with Gasteiger partial charge in [-0.25, -0.2) is 14.8 Å². The Balaban J connectivity index is 1.67. The van der Waals surface area contributed by atoms with Gasteiger partial charge in [0.2, 0.25) is 5.13 Å². The largest absolute Gasteiger partial charge is 0.331 e. The topological polar surface area (TPSA) is 75.9 Å². The summed E-state index contributed by atoms with van der Waals surface area (Å²) in [6, 6.07) is -0.150. The van der Waals surface area contributed by atoms with Gasteiger partial charge < -0.3 is 9.47 Å². The third-order valence-electron chi connectivity index (χ3n) is 3.52. The van der Waals surface area contributed by atoms with Gasteiger partial charge in [-0.1, -0.05) is 20.8 Å². The van der Waals surface area contributed by atoms with Gasteiger partial charge >= 0.3 is 6.03 Å². The molecule has 1 N–H and O–H groups in total. The van der Waals surface area contributed by atoms with E-state index in [2.05, 4.69) is 24.2 Å². The van der Waals surface area contributed by atoms with Crippen LogP contribution in [0.3, 0.4) is 0 Å². The maximum absolute atomic E-state index is 12.4. The van der Waals surface area contributed by atoms with Crippen LogP contribution in [-0.4, -0.2) is 36.4 Å². The van der Waals surface area contributed by atoms with Crippen molar-refractivity contribution in [2.24, 2.45) is 0 Å². The van der Waals surface area contributed by atoms with Gasteiger partial charge in [-0.05, 0) is 6.92 Å². The van der Waals surface area contributed by atoms with Gasteiger partial charge in [0, 0.05) is 36.2 Å². The van der Waals surface area contributed by atoms with E-state index in [-0.39, 0.29) is 11.4 Å². The molecule has 22 heavy (non-hydrogen) atoms. The Hall–Kier alpha value is -1.96. The first-order valence-corrected chi connectivity index (χ1v) is 8.03. The SMILES string of the molecule is Cc1cn2c(n1)CN(C(=O)Nc1nc(C(C)(C)C)ns1)CC2. The minimum Gasteiger partial charge on any atom is -0.331 e. The number of fused-ring (bicyclic) bond motifs is 1. The number of rotatable bonds is 1. The molecule has 0 bridgehead atoms. The summed E-state index contributed by atoms with van der Waals surface area (Å²) < 4.78 is 6.40. The molecule has 3 heterocycles. The van der Waals surface area contributed by atoms with Crippen LogP contribution in [0.4, 0.5) is 9.93 Å². The number of imidazole rings is 1. The Morgan fingerprint density at radius 2 is 2.09 bits per heavy atom. The first-order valence-electron chi connectivity index (χ1n) is 7.26. The molecule has 0 saturated heterocycles. The summed E-state index contributed by atoms with van der Waals surface area (Å²) in [5.74, 6) is 1.67. The summed E-state index contributed by atoms with van der Waals surface area (Å²) >= 11 is 1.22. The number of carbonyl (C=O) groups is 1. The first kappa shape index (κ1) is 15.0. The van der Waals surface area contributed by atoms with Crippen molar-refractivity contribution in [3.63, 3.8) is 0 Å². The fourth-order valence-electron chi connectivity index (χ4n) is 2.32. The Kier molecular flexibility index (Phi) is 3.64. The molecule has 0 aromatic carbocycles. The van der Waals surface area contributed by atoms with E-state index in [0.29, 0.717) is 18.2 Å². The molecule has 0 radical (unpaired) electrons. The van der Waals surface area contributed by atoms with Crippen LogP contribution in [0.1, 0.15) is 38.1 Å². The van der Waals surface area contributed by atoms with Crippen LogP contribution < -0.4 is 5.32 Å². The van der Waals surface area contributed by atoms with E-state index in [4.69, 9.17) is 0 Å². The highest BCUT2D eigenvalue weighted by Crippen LogP contribution is 2.23. The second-order valence-electron chi connectivity index (χ2n) is 6.52. The second-order valence-corrected chi connectivity index (χ2v) is 7.27. The summed E-state index contributed by atoms with van der Waals surface area (Å²) in [5, 5.41) is 3.38. The molecule has 3 rings (SSSR count). The van der Waals surface area contributed by atoms with Crippen LogP contribution >= 0.6 is 11.5 Å². The first-order chi connectivity index (χ1) is 10.3. The monoisotopic (exact) mass is 320 g/mol. The number of nitrogens with one attached hydrogen (secondary N) is 1. The lowest BCUT2D eigenvalue weighted by Gasteiger charge is -2.27. The average Bonchev–Trinajstić information content (AvgIpc) is 3.02. The number of urea groups is 1. The Bertz CT molecular complexity index is 698. The third-order valence-corrected chi connectivity index (χ3v) is 4.15. The molecule has 0 saturated carbocycles.